The van der Waals surface area contributed by atoms with E-state index in [1.54, 1.807) is 6.92 Å². The minimum atomic E-state index is -4.21. The molecule has 0 saturated heterocycles. The van der Waals surface area contributed by atoms with Crippen LogP contribution >= 0.6 is 0 Å². The zero-order valence-electron chi connectivity index (χ0n) is 7.60. The molecule has 0 radical (unpaired) electrons. The Morgan fingerprint density at radius 1 is 1.69 bits per heavy atom. The van der Waals surface area contributed by atoms with Gasteiger partial charge >= 0.3 is 0 Å². The number of carbonyl (C=O) groups excluding carboxylic acids is 1. The number of nitrogens with zero attached hydrogens (tertiary/aromatic N) is 1. The maximum atomic E-state index is 11.0. The van der Waals surface area contributed by atoms with Gasteiger partial charge in [-0.3, -0.25) is 9.35 Å². The summed E-state index contributed by atoms with van der Waals surface area (Å²) in [4.78, 5) is 11.9. The summed E-state index contributed by atoms with van der Waals surface area (Å²) >= 11 is 0. The Hall–Kier alpha value is -0.880. The van der Waals surface area contributed by atoms with Crippen molar-refractivity contribution in [2.24, 2.45) is 0 Å². The Kier molecular flexibility index (Phi) is 4.09. The minimum Gasteiger partial charge on any atom is -0.323 e. The molecule has 5 nitrogen and oxygen atoms in total. The zero-order valence-corrected chi connectivity index (χ0v) is 8.41. The fourth-order valence-electron chi connectivity index (χ4n) is 0.970. The van der Waals surface area contributed by atoms with Crippen LogP contribution in [0, 0.1) is 0 Å². The Morgan fingerprint density at radius 2 is 2.15 bits per heavy atom. The normalized spacial score (nSPS) is 13.5. The lowest BCUT2D eigenvalue weighted by Gasteiger charge is -2.22. The van der Waals surface area contributed by atoms with Crippen molar-refractivity contribution in [3.05, 3.63) is 12.7 Å². The van der Waals surface area contributed by atoms with Crippen LogP contribution in [0.3, 0.4) is 0 Å². The van der Waals surface area contributed by atoms with Gasteiger partial charge < -0.3 is 4.90 Å². The van der Waals surface area contributed by atoms with Crippen LogP contribution in [0.15, 0.2) is 12.7 Å². The predicted molar refractivity (Wildman–Crippen MR) is 48.6 cm³/mol. The minimum absolute atomic E-state index is 0.134. The van der Waals surface area contributed by atoms with Gasteiger partial charge in [-0.2, -0.15) is 8.42 Å². The highest BCUT2D eigenvalue weighted by atomic mass is 32.2. The number of amides is 1. The Balaban J connectivity index is 4.80. The van der Waals surface area contributed by atoms with Crippen LogP contribution < -0.4 is 0 Å². The molecular formula is C7H13NO4S. The van der Waals surface area contributed by atoms with Crippen LogP contribution in [0.1, 0.15) is 13.3 Å². The molecule has 6 heteroatoms. The fraction of sp³-hybridized carbons (Fsp3) is 0.571. The molecule has 1 N–H and O–H groups in total. The first kappa shape index (κ1) is 12.1. The van der Waals surface area contributed by atoms with E-state index in [2.05, 4.69) is 6.58 Å². The molecule has 1 unspecified atom stereocenters. The Labute approximate surface area is 77.8 Å². The smallest absolute Gasteiger partial charge is 0.286 e. The molecule has 0 aliphatic heterocycles. The summed E-state index contributed by atoms with van der Waals surface area (Å²) in [5, 5.41) is -1.20. The first-order valence-electron chi connectivity index (χ1n) is 3.70. The van der Waals surface area contributed by atoms with Crippen LogP contribution in [0.4, 0.5) is 0 Å². The Morgan fingerprint density at radius 3 is 2.38 bits per heavy atom. The molecule has 76 valence electrons. The molecular weight excluding hydrogens is 194 g/mol. The van der Waals surface area contributed by atoms with E-state index in [-0.39, 0.29) is 6.42 Å². The third-order valence-corrected chi connectivity index (χ3v) is 2.98. The molecule has 0 aliphatic rings. The number of likely N-dealkylation sites (N-methyl/N-ethyl adjacent to an activating group) is 1. The van der Waals surface area contributed by atoms with E-state index in [1.807, 2.05) is 0 Å². The molecule has 0 aromatic carbocycles. The molecule has 0 aromatic rings. The highest BCUT2D eigenvalue weighted by Crippen LogP contribution is 2.08. The van der Waals surface area contributed by atoms with Gasteiger partial charge in [-0.15, -0.1) is 0 Å². The second-order valence-corrected chi connectivity index (χ2v) is 4.11. The van der Waals surface area contributed by atoms with E-state index in [0.717, 1.165) is 11.0 Å². The van der Waals surface area contributed by atoms with Crippen molar-refractivity contribution in [2.75, 3.05) is 7.05 Å². The van der Waals surface area contributed by atoms with Crippen molar-refractivity contribution in [1.29, 1.82) is 0 Å². The van der Waals surface area contributed by atoms with Gasteiger partial charge in [0.1, 0.15) is 0 Å². The van der Waals surface area contributed by atoms with Crippen LogP contribution in [0.25, 0.3) is 0 Å². The van der Waals surface area contributed by atoms with E-state index in [0.29, 0.717) is 0 Å². The van der Waals surface area contributed by atoms with Gasteiger partial charge in [-0.25, -0.2) is 0 Å². The van der Waals surface area contributed by atoms with Gasteiger partial charge in [-0.1, -0.05) is 13.5 Å². The lowest BCUT2D eigenvalue weighted by atomic mass is 10.4. The average Bonchev–Trinajstić information content (AvgIpc) is 2.01. The molecule has 0 fully saturated rings. The molecule has 1 atom stereocenters. The van der Waals surface area contributed by atoms with Crippen LogP contribution in [0.2, 0.25) is 0 Å². The maximum Gasteiger partial charge on any atom is 0.286 e. The topological polar surface area (TPSA) is 74.7 Å². The molecule has 1 amide bonds. The van der Waals surface area contributed by atoms with Gasteiger partial charge in [0.15, 0.2) is 5.37 Å². The lowest BCUT2D eigenvalue weighted by molar-refractivity contribution is -0.125. The van der Waals surface area contributed by atoms with Crippen molar-refractivity contribution in [2.45, 2.75) is 18.7 Å². The summed E-state index contributed by atoms with van der Waals surface area (Å²) in [6.45, 7) is 4.77. The third-order valence-electron chi connectivity index (χ3n) is 1.65. The second-order valence-electron chi connectivity index (χ2n) is 2.53. The van der Waals surface area contributed by atoms with Gasteiger partial charge in [0, 0.05) is 7.05 Å². The molecule has 0 spiro atoms. The van der Waals surface area contributed by atoms with E-state index < -0.39 is 21.4 Å². The number of hydrogen-bond donors (Lipinski definition) is 1. The summed E-state index contributed by atoms with van der Waals surface area (Å²) in [5.41, 5.74) is 0. The van der Waals surface area contributed by atoms with Gasteiger partial charge in [0.2, 0.25) is 5.91 Å². The van der Waals surface area contributed by atoms with E-state index in [9.17, 15) is 13.2 Å². The van der Waals surface area contributed by atoms with Gasteiger partial charge in [0.25, 0.3) is 10.1 Å². The van der Waals surface area contributed by atoms with Crippen LogP contribution in [-0.2, 0) is 14.9 Å². The summed E-state index contributed by atoms with van der Waals surface area (Å²) in [5.74, 6) is -0.538. The van der Waals surface area contributed by atoms with E-state index in [4.69, 9.17) is 4.55 Å². The van der Waals surface area contributed by atoms with Crippen molar-refractivity contribution in [3.8, 4) is 0 Å². The first-order chi connectivity index (χ1) is 5.84. The van der Waals surface area contributed by atoms with Crippen molar-refractivity contribution < 1.29 is 17.8 Å². The predicted octanol–water partition coefficient (Wildman–Crippen LogP) is 0.255. The monoisotopic (exact) mass is 207 g/mol. The number of hydrogen-bond acceptors (Lipinski definition) is 3. The van der Waals surface area contributed by atoms with Gasteiger partial charge in [0.05, 0.1) is 0 Å². The molecule has 0 aliphatic carbocycles. The maximum absolute atomic E-state index is 11.0. The molecule has 13 heavy (non-hydrogen) atoms. The fourth-order valence-corrected chi connectivity index (χ4v) is 1.89. The first-order valence-corrected chi connectivity index (χ1v) is 5.20. The van der Waals surface area contributed by atoms with Crippen LogP contribution in [0.5, 0.6) is 0 Å². The van der Waals surface area contributed by atoms with E-state index >= 15 is 0 Å². The second kappa shape index (κ2) is 4.38. The number of carbonyl (C=O) groups is 1. The highest BCUT2D eigenvalue weighted by molar-refractivity contribution is 7.86. The van der Waals surface area contributed by atoms with Gasteiger partial charge in [-0.05, 0) is 12.5 Å². The zero-order chi connectivity index (χ0) is 10.6. The SMILES string of the molecule is C=CC(=O)N(C)C(CC)S(=O)(=O)O. The third kappa shape index (κ3) is 3.16. The largest absolute Gasteiger partial charge is 0.323 e. The molecule has 0 rings (SSSR count). The van der Waals surface area contributed by atoms with Crippen LogP contribution in [-0.4, -0.2) is 36.2 Å². The lowest BCUT2D eigenvalue weighted by Crippen LogP contribution is -2.40. The Bertz CT molecular complexity index is 296. The summed E-state index contributed by atoms with van der Waals surface area (Å²) in [7, 11) is -2.91. The molecule has 0 bridgehead atoms. The van der Waals surface area contributed by atoms with E-state index in [1.165, 1.54) is 7.05 Å². The molecule has 0 saturated carbocycles. The summed E-state index contributed by atoms with van der Waals surface area (Å²) in [6, 6.07) is 0. The quantitative estimate of drug-likeness (QED) is 0.530. The van der Waals surface area contributed by atoms with Crippen molar-refractivity contribution in [3.63, 3.8) is 0 Å². The summed E-state index contributed by atoms with van der Waals surface area (Å²) in [6.07, 6.45) is 1.13. The molecule has 0 heterocycles. The summed E-state index contributed by atoms with van der Waals surface area (Å²) < 4.78 is 30.2. The standard InChI is InChI=1S/C7H13NO4S/c1-4-6(9)8(3)7(5-2)13(10,11)12/h4,7H,1,5H2,2-3H3,(H,10,11,12). The van der Waals surface area contributed by atoms with Crippen molar-refractivity contribution in [1.82, 2.24) is 4.90 Å². The number of rotatable bonds is 4. The average molecular weight is 207 g/mol. The molecule has 0 aromatic heterocycles. The highest BCUT2D eigenvalue weighted by Gasteiger charge is 2.27. The van der Waals surface area contributed by atoms with Crippen molar-refractivity contribution >= 4 is 16.0 Å².